The van der Waals surface area contributed by atoms with E-state index in [-0.39, 0.29) is 20.4 Å². The van der Waals surface area contributed by atoms with Crippen molar-refractivity contribution in [3.05, 3.63) is 176 Å². The minimum atomic E-state index is -1.02. The van der Waals surface area contributed by atoms with Gasteiger partial charge in [0.25, 0.3) is 0 Å². The molecule has 51 heavy (non-hydrogen) atoms. The van der Waals surface area contributed by atoms with E-state index in [0.29, 0.717) is 0 Å². The third kappa shape index (κ3) is 9.64. The number of hydrogen-bond acceptors (Lipinski definition) is 0. The van der Waals surface area contributed by atoms with Gasteiger partial charge in [-0.3, -0.25) is 0 Å². The van der Waals surface area contributed by atoms with Crippen molar-refractivity contribution in [2.24, 2.45) is 0 Å². The first kappa shape index (κ1) is 40.6. The average Bonchev–Trinajstić information content (AvgIpc) is 3.03. The first-order valence-electron chi connectivity index (χ1n) is 17.9. The fourth-order valence-corrected chi connectivity index (χ4v) is 13.5. The Morgan fingerprint density at radius 1 is 0.235 bits per heavy atom. The van der Waals surface area contributed by atoms with Crippen LogP contribution in [0.1, 0.15) is 66.8 Å². The van der Waals surface area contributed by atoms with Crippen LogP contribution in [0.2, 0.25) is 0 Å². The summed E-state index contributed by atoms with van der Waals surface area (Å²) in [4.78, 5) is 0. The van der Waals surface area contributed by atoms with Gasteiger partial charge in [-0.2, -0.15) is 0 Å². The van der Waals surface area contributed by atoms with Crippen molar-refractivity contribution in [3.63, 3.8) is 0 Å². The molecule has 0 aliphatic carbocycles. The summed E-state index contributed by atoms with van der Waals surface area (Å²) in [6, 6.07) is 41.7. The molecule has 3 heteroatoms. The molecule has 0 N–H and O–H groups in total. The maximum Gasteiger partial charge on any atom is 0.105 e. The van der Waals surface area contributed by atoms with Crippen LogP contribution in [0, 0.1) is 83.1 Å². The van der Waals surface area contributed by atoms with E-state index in [9.17, 15) is 0 Å². The molecule has 0 radical (unpaired) electrons. The zero-order valence-corrected chi connectivity index (χ0v) is 36.3. The summed E-state index contributed by atoms with van der Waals surface area (Å²) in [5, 5.41) is 9.05. The van der Waals surface area contributed by atoms with Gasteiger partial charge in [0.05, 0.1) is 15.8 Å². The van der Waals surface area contributed by atoms with Crippen molar-refractivity contribution in [3.8, 4) is 0 Å². The molecular weight excluding hydrogens is 745 g/mol. The summed E-state index contributed by atoms with van der Waals surface area (Å²) in [7, 11) is -2.03. The van der Waals surface area contributed by atoms with Crippen LogP contribution in [-0.2, 0) is 20.4 Å². The molecule has 6 rings (SSSR count). The smallest absolute Gasteiger partial charge is 0.0554 e. The van der Waals surface area contributed by atoms with E-state index in [0.717, 1.165) is 0 Å². The predicted molar refractivity (Wildman–Crippen MR) is 230 cm³/mol. The maximum atomic E-state index is 2.36. The summed E-state index contributed by atoms with van der Waals surface area (Å²) in [5.74, 6) is 0. The van der Waals surface area contributed by atoms with Crippen LogP contribution >= 0.6 is 15.8 Å². The minimum Gasteiger partial charge on any atom is -0.0554 e. The Hall–Kier alpha value is -3.16. The number of benzene rings is 6. The molecule has 0 aliphatic heterocycles. The number of rotatable bonds is 6. The second kappa shape index (κ2) is 17.6. The Balaban J connectivity index is 0.000000224. The Kier molecular flexibility index (Phi) is 14.0. The normalized spacial score (nSPS) is 10.9. The van der Waals surface area contributed by atoms with Crippen molar-refractivity contribution in [1.29, 1.82) is 0 Å². The van der Waals surface area contributed by atoms with Gasteiger partial charge in [0.15, 0.2) is 0 Å². The predicted octanol–water partition coefficient (Wildman–Crippen LogP) is 10.1. The quantitative estimate of drug-likeness (QED) is 0.116. The minimum absolute atomic E-state index is 0. The van der Waals surface area contributed by atoms with Crippen molar-refractivity contribution < 1.29 is 20.4 Å². The van der Waals surface area contributed by atoms with Gasteiger partial charge in [-0.15, -0.1) is 0 Å². The van der Waals surface area contributed by atoms with E-state index in [2.05, 4.69) is 192 Å². The zero-order chi connectivity index (χ0) is 36.3. The molecule has 0 saturated heterocycles. The molecule has 0 spiro atoms. The third-order valence-corrected chi connectivity index (χ3v) is 16.5. The molecule has 0 amide bonds. The van der Waals surface area contributed by atoms with Crippen LogP contribution < -0.4 is 31.8 Å². The van der Waals surface area contributed by atoms with Crippen molar-refractivity contribution in [2.45, 2.75) is 83.1 Å². The molecule has 0 saturated carbocycles. The molecule has 6 aromatic carbocycles. The topological polar surface area (TPSA) is 0 Å². The van der Waals surface area contributed by atoms with E-state index < -0.39 is 15.8 Å². The van der Waals surface area contributed by atoms with E-state index in [1.165, 1.54) is 98.6 Å². The fraction of sp³-hybridized carbons (Fsp3) is 0.250. The van der Waals surface area contributed by atoms with Crippen LogP contribution in [0.4, 0.5) is 0 Å². The van der Waals surface area contributed by atoms with Gasteiger partial charge in [0.1, 0.15) is 31.8 Å². The molecule has 0 unspecified atom stereocenters. The molecule has 0 atom stereocenters. The van der Waals surface area contributed by atoms with Crippen LogP contribution in [-0.4, -0.2) is 0 Å². The van der Waals surface area contributed by atoms with Crippen LogP contribution in [0.25, 0.3) is 0 Å². The molecule has 0 aliphatic rings. The second-order valence-electron chi connectivity index (χ2n) is 14.7. The van der Waals surface area contributed by atoms with Crippen molar-refractivity contribution in [2.75, 3.05) is 0 Å². The Labute approximate surface area is 325 Å². The Bertz CT molecular complexity index is 1760. The zero-order valence-electron chi connectivity index (χ0n) is 32.7. The maximum absolute atomic E-state index is 2.36. The van der Waals surface area contributed by atoms with Gasteiger partial charge >= 0.3 is 0 Å². The van der Waals surface area contributed by atoms with E-state index in [1.54, 1.807) is 0 Å². The summed E-state index contributed by atoms with van der Waals surface area (Å²) < 4.78 is 0. The molecule has 0 fully saturated rings. The third-order valence-electron chi connectivity index (χ3n) is 9.91. The molecule has 0 nitrogen and oxygen atoms in total. The first-order chi connectivity index (χ1) is 23.7. The molecule has 0 heterocycles. The summed E-state index contributed by atoms with van der Waals surface area (Å²) >= 11 is 0. The van der Waals surface area contributed by atoms with E-state index in [1.807, 2.05) is 0 Å². The van der Waals surface area contributed by atoms with Gasteiger partial charge < -0.3 is 0 Å². The molecule has 0 aromatic heterocycles. The monoisotopic (exact) mass is 800 g/mol. The van der Waals surface area contributed by atoms with E-state index in [4.69, 9.17) is 0 Å². The molecule has 0 bridgehead atoms. The van der Waals surface area contributed by atoms with Crippen molar-refractivity contribution in [1.82, 2.24) is 0 Å². The number of aryl methyl sites for hydroxylation is 12. The summed E-state index contributed by atoms with van der Waals surface area (Å²) in [5.41, 5.74) is 16.5. The largest absolute Gasteiger partial charge is 0.105 e. The van der Waals surface area contributed by atoms with Gasteiger partial charge in [0.2, 0.25) is 0 Å². The second-order valence-corrected chi connectivity index (χ2v) is 19.4. The van der Waals surface area contributed by atoms with Crippen LogP contribution in [0.5, 0.6) is 0 Å². The average molecular weight is 801 g/mol. The van der Waals surface area contributed by atoms with E-state index >= 15 is 0 Å². The Morgan fingerprint density at radius 3 is 0.490 bits per heavy atom. The van der Waals surface area contributed by atoms with Crippen LogP contribution in [0.15, 0.2) is 109 Å². The number of hydrogen-bond donors (Lipinski definition) is 0. The molecular formula is C48H56P2Pd+2. The molecule has 6 aromatic rings. The van der Waals surface area contributed by atoms with Crippen LogP contribution in [0.3, 0.4) is 0 Å². The summed E-state index contributed by atoms with van der Waals surface area (Å²) in [6.45, 7) is 26.7. The van der Waals surface area contributed by atoms with Gasteiger partial charge in [-0.05, 0) is 153 Å². The molecule has 266 valence electrons. The first-order valence-corrected chi connectivity index (χ1v) is 20.9. The van der Waals surface area contributed by atoms with Gasteiger partial charge in [0, 0.05) is 20.4 Å². The summed E-state index contributed by atoms with van der Waals surface area (Å²) in [6.07, 6.45) is 0. The van der Waals surface area contributed by atoms with Crippen molar-refractivity contribution >= 4 is 47.7 Å². The standard InChI is InChI=1S/2C24H27P.Pd/c2*1-16-7-10-22(19(4)13-16)25(23-11-8-17(2)14-20(23)5)24-12-9-18(3)15-21(24)6;/h2*7-15H,1-6H3;/p+2. The van der Waals surface area contributed by atoms with Gasteiger partial charge in [-0.25, -0.2) is 0 Å². The SMILES string of the molecule is Cc1ccc([PH+](c2ccc(C)cc2C)c2ccc(C)cc2C)c(C)c1.Cc1ccc([PH+](c2ccc(C)cc2C)c2ccc(C)cc2C)c(C)c1.[Pd]. The van der Waals surface area contributed by atoms with Gasteiger partial charge in [-0.1, -0.05) is 106 Å². The Morgan fingerprint density at radius 2 is 0.373 bits per heavy atom. The fourth-order valence-electron chi connectivity index (χ4n) is 7.44.